The maximum Gasteiger partial charge on any atom is 0.194 e. The summed E-state index contributed by atoms with van der Waals surface area (Å²) in [4.78, 5) is 11.9. The van der Waals surface area contributed by atoms with Crippen molar-refractivity contribution in [3.8, 4) is 0 Å². The minimum Gasteiger partial charge on any atom is -0.367 e. The number of Topliss-reactive ketones (excluding diaryl/α,β-unsaturated/α-hetero) is 1. The number of aromatic nitrogens is 2. The van der Waals surface area contributed by atoms with Crippen LogP contribution in [0.5, 0.6) is 0 Å². The zero-order valence-electron chi connectivity index (χ0n) is 9.14. The van der Waals surface area contributed by atoms with Gasteiger partial charge in [0.2, 0.25) is 0 Å². The van der Waals surface area contributed by atoms with E-state index in [1.165, 1.54) is 0 Å². The van der Waals surface area contributed by atoms with Crippen LogP contribution in [0, 0.1) is 0 Å². The lowest BCUT2D eigenvalue weighted by atomic mass is 10.1. The third-order valence-electron chi connectivity index (χ3n) is 2.77. The first-order valence-corrected chi connectivity index (χ1v) is 5.43. The quantitative estimate of drug-likeness (QED) is 0.709. The molecular formula is C11H16N2O2. The summed E-state index contributed by atoms with van der Waals surface area (Å²) in [5, 5.41) is 4.09. The molecule has 1 aromatic rings. The minimum atomic E-state index is -0.255. The number of ketones is 1. The number of aryl methyl sites for hydroxylation is 1. The van der Waals surface area contributed by atoms with Crippen molar-refractivity contribution in [1.29, 1.82) is 0 Å². The molecule has 2 heterocycles. The van der Waals surface area contributed by atoms with E-state index < -0.39 is 0 Å². The number of hydrogen-bond acceptors (Lipinski definition) is 3. The van der Waals surface area contributed by atoms with Gasteiger partial charge in [-0.25, -0.2) is 0 Å². The molecule has 0 N–H and O–H groups in total. The first-order chi connectivity index (χ1) is 7.20. The molecule has 0 aromatic carbocycles. The summed E-state index contributed by atoms with van der Waals surface area (Å²) in [6.45, 7) is 4.79. The molecule has 82 valence electrons. The molecule has 1 aliphatic rings. The van der Waals surface area contributed by atoms with Crippen molar-refractivity contribution in [1.82, 2.24) is 9.78 Å². The number of carbonyl (C=O) groups excluding carboxylic acids is 1. The van der Waals surface area contributed by atoms with Crippen molar-refractivity contribution in [3.05, 3.63) is 18.0 Å². The zero-order chi connectivity index (χ0) is 10.8. The number of carbonyl (C=O) groups is 1. The van der Waals surface area contributed by atoms with E-state index in [-0.39, 0.29) is 18.0 Å². The summed E-state index contributed by atoms with van der Waals surface area (Å²) in [6.07, 6.45) is 5.16. The summed E-state index contributed by atoms with van der Waals surface area (Å²) in [6, 6.07) is 0. The number of hydrogen-bond donors (Lipinski definition) is 0. The van der Waals surface area contributed by atoms with E-state index in [1.54, 1.807) is 17.1 Å². The fourth-order valence-electron chi connectivity index (χ4n) is 1.85. The average molecular weight is 208 g/mol. The molecule has 0 spiro atoms. The Kier molecular flexibility index (Phi) is 2.86. The molecule has 1 saturated heterocycles. The number of rotatable bonds is 3. The van der Waals surface area contributed by atoms with Crippen molar-refractivity contribution < 1.29 is 9.53 Å². The maximum absolute atomic E-state index is 11.9. The van der Waals surface area contributed by atoms with Crippen LogP contribution in [0.2, 0.25) is 0 Å². The third-order valence-corrected chi connectivity index (χ3v) is 2.77. The van der Waals surface area contributed by atoms with Gasteiger partial charge < -0.3 is 4.74 Å². The lowest BCUT2D eigenvalue weighted by Crippen LogP contribution is -2.20. The minimum absolute atomic E-state index is 0.0686. The molecule has 4 nitrogen and oxygen atoms in total. The normalized spacial score (nSPS) is 25.7. The largest absolute Gasteiger partial charge is 0.367 e. The fraction of sp³-hybridized carbons (Fsp3) is 0.636. The summed E-state index contributed by atoms with van der Waals surface area (Å²) >= 11 is 0. The molecule has 0 saturated carbocycles. The predicted molar refractivity (Wildman–Crippen MR) is 55.8 cm³/mol. The molecule has 0 radical (unpaired) electrons. The Morgan fingerprint density at radius 1 is 1.67 bits per heavy atom. The molecule has 2 rings (SSSR count). The molecule has 4 heteroatoms. The molecule has 2 unspecified atom stereocenters. The lowest BCUT2D eigenvalue weighted by molar-refractivity contribution is 0.0433. The molecule has 0 bridgehead atoms. The number of ether oxygens (including phenoxy) is 1. The van der Waals surface area contributed by atoms with Crippen LogP contribution in [-0.4, -0.2) is 27.8 Å². The van der Waals surface area contributed by atoms with Gasteiger partial charge in [-0.05, 0) is 26.7 Å². The Hall–Kier alpha value is -1.16. The molecule has 1 aromatic heterocycles. The van der Waals surface area contributed by atoms with Gasteiger partial charge in [-0.3, -0.25) is 9.48 Å². The monoisotopic (exact) mass is 208 g/mol. The van der Waals surface area contributed by atoms with Gasteiger partial charge in [-0.15, -0.1) is 0 Å². The predicted octanol–water partition coefficient (Wildman–Crippen LogP) is 1.65. The molecule has 0 amide bonds. The highest BCUT2D eigenvalue weighted by Gasteiger charge is 2.29. The highest BCUT2D eigenvalue weighted by molar-refractivity contribution is 5.99. The van der Waals surface area contributed by atoms with Gasteiger partial charge in [0, 0.05) is 12.7 Å². The molecular weight excluding hydrogens is 192 g/mol. The average Bonchev–Trinajstić information content (AvgIpc) is 2.84. The fourth-order valence-corrected chi connectivity index (χ4v) is 1.85. The van der Waals surface area contributed by atoms with Crippen LogP contribution in [0.3, 0.4) is 0 Å². The molecule has 15 heavy (non-hydrogen) atoms. The third kappa shape index (κ3) is 2.09. The van der Waals surface area contributed by atoms with Crippen LogP contribution < -0.4 is 0 Å². The van der Waals surface area contributed by atoms with E-state index in [1.807, 2.05) is 13.8 Å². The van der Waals surface area contributed by atoms with Gasteiger partial charge in [0.05, 0.1) is 17.9 Å². The summed E-state index contributed by atoms with van der Waals surface area (Å²) in [5.41, 5.74) is 0.663. The first kappa shape index (κ1) is 10.4. The van der Waals surface area contributed by atoms with Gasteiger partial charge in [0.25, 0.3) is 0 Å². The Balaban J connectivity index is 2.07. The van der Waals surface area contributed by atoms with E-state index in [0.29, 0.717) is 5.56 Å². The SMILES string of the molecule is CCn1cc(C(=O)C2CCC(C)O2)cn1. The second-order valence-electron chi connectivity index (χ2n) is 3.96. The lowest BCUT2D eigenvalue weighted by Gasteiger charge is -2.07. The molecule has 1 fully saturated rings. The van der Waals surface area contributed by atoms with Crippen molar-refractivity contribution >= 4 is 5.78 Å². The van der Waals surface area contributed by atoms with Crippen molar-refractivity contribution in [2.75, 3.05) is 0 Å². The zero-order valence-corrected chi connectivity index (χ0v) is 9.14. The Bertz CT molecular complexity index is 359. The van der Waals surface area contributed by atoms with Crippen molar-refractivity contribution in [2.45, 2.75) is 45.4 Å². The van der Waals surface area contributed by atoms with E-state index in [2.05, 4.69) is 5.10 Å². The van der Waals surface area contributed by atoms with Gasteiger partial charge in [0.1, 0.15) is 6.10 Å². The van der Waals surface area contributed by atoms with Crippen LogP contribution in [0.15, 0.2) is 12.4 Å². The Labute approximate surface area is 89.2 Å². The molecule has 1 aliphatic heterocycles. The van der Waals surface area contributed by atoms with E-state index in [0.717, 1.165) is 19.4 Å². The molecule has 0 aliphatic carbocycles. The van der Waals surface area contributed by atoms with E-state index >= 15 is 0 Å². The standard InChI is InChI=1S/C11H16N2O2/c1-3-13-7-9(6-12-13)11(14)10-5-4-8(2)15-10/h6-8,10H,3-5H2,1-2H3. The molecule has 2 atom stereocenters. The van der Waals surface area contributed by atoms with Gasteiger partial charge in [-0.2, -0.15) is 5.10 Å². The maximum atomic E-state index is 11.9. The number of nitrogens with zero attached hydrogens (tertiary/aromatic N) is 2. The Morgan fingerprint density at radius 2 is 2.47 bits per heavy atom. The highest BCUT2D eigenvalue weighted by atomic mass is 16.5. The topological polar surface area (TPSA) is 44.1 Å². The van der Waals surface area contributed by atoms with E-state index in [9.17, 15) is 4.79 Å². The van der Waals surface area contributed by atoms with Crippen LogP contribution in [0.4, 0.5) is 0 Å². The van der Waals surface area contributed by atoms with Crippen LogP contribution in [0.25, 0.3) is 0 Å². The summed E-state index contributed by atoms with van der Waals surface area (Å²) in [7, 11) is 0. The van der Waals surface area contributed by atoms with Crippen molar-refractivity contribution in [3.63, 3.8) is 0 Å². The Morgan fingerprint density at radius 3 is 3.00 bits per heavy atom. The van der Waals surface area contributed by atoms with Crippen molar-refractivity contribution in [2.24, 2.45) is 0 Å². The summed E-state index contributed by atoms with van der Waals surface area (Å²) in [5.74, 6) is 0.0686. The second-order valence-corrected chi connectivity index (χ2v) is 3.96. The van der Waals surface area contributed by atoms with Crippen LogP contribution in [-0.2, 0) is 11.3 Å². The van der Waals surface area contributed by atoms with E-state index in [4.69, 9.17) is 4.74 Å². The van der Waals surface area contributed by atoms with Gasteiger partial charge in [0.15, 0.2) is 5.78 Å². The second kappa shape index (κ2) is 4.14. The summed E-state index contributed by atoms with van der Waals surface area (Å²) < 4.78 is 7.29. The van der Waals surface area contributed by atoms with Gasteiger partial charge in [-0.1, -0.05) is 0 Å². The van der Waals surface area contributed by atoms with Gasteiger partial charge >= 0.3 is 0 Å². The van der Waals surface area contributed by atoms with Crippen LogP contribution in [0.1, 0.15) is 37.0 Å². The smallest absolute Gasteiger partial charge is 0.194 e. The first-order valence-electron chi connectivity index (χ1n) is 5.43. The highest BCUT2D eigenvalue weighted by Crippen LogP contribution is 2.22. The van der Waals surface area contributed by atoms with Crippen LogP contribution >= 0.6 is 0 Å².